The second-order valence-electron chi connectivity index (χ2n) is 6.77. The van der Waals surface area contributed by atoms with Gasteiger partial charge >= 0.3 is 0 Å². The molecule has 2 bridgehead atoms. The van der Waals surface area contributed by atoms with E-state index in [9.17, 15) is 4.79 Å². The molecule has 0 N–H and O–H groups in total. The third-order valence-corrected chi connectivity index (χ3v) is 5.05. The van der Waals surface area contributed by atoms with Crippen LogP contribution < -0.4 is 0 Å². The molecule has 3 aliphatic rings. The van der Waals surface area contributed by atoms with E-state index in [1.54, 1.807) is 0 Å². The molecule has 1 amide bonds. The van der Waals surface area contributed by atoms with Gasteiger partial charge in [0.2, 0.25) is 5.91 Å². The van der Waals surface area contributed by atoms with Crippen molar-refractivity contribution in [3.05, 3.63) is 24.4 Å². The highest BCUT2D eigenvalue weighted by atomic mass is 16.2. The minimum absolute atomic E-state index is 0.0586. The number of nitrogens with zero attached hydrogens (tertiary/aromatic N) is 1. The molecule has 4 unspecified atom stereocenters. The molecule has 1 saturated carbocycles. The fourth-order valence-electron chi connectivity index (χ4n) is 4.53. The Morgan fingerprint density at radius 1 is 1.29 bits per heavy atom. The molecular weight excluding hydrogens is 210 g/mol. The summed E-state index contributed by atoms with van der Waals surface area (Å²) in [5.74, 6) is 0.755. The van der Waals surface area contributed by atoms with Crippen LogP contribution in [0.2, 0.25) is 0 Å². The van der Waals surface area contributed by atoms with Gasteiger partial charge in [-0.05, 0) is 31.1 Å². The van der Waals surface area contributed by atoms with Gasteiger partial charge < -0.3 is 4.90 Å². The topological polar surface area (TPSA) is 20.3 Å². The van der Waals surface area contributed by atoms with Gasteiger partial charge in [-0.3, -0.25) is 4.79 Å². The number of fused-ring (bicyclic) bond motifs is 5. The van der Waals surface area contributed by atoms with Crippen molar-refractivity contribution in [2.75, 3.05) is 0 Å². The number of carbonyl (C=O) groups excluding carboxylic acids is 1. The van der Waals surface area contributed by atoms with Gasteiger partial charge in [0.15, 0.2) is 0 Å². The summed E-state index contributed by atoms with van der Waals surface area (Å²) >= 11 is 0. The lowest BCUT2D eigenvalue weighted by Gasteiger charge is -2.30. The van der Waals surface area contributed by atoms with Gasteiger partial charge in [-0.25, -0.2) is 0 Å². The first-order chi connectivity index (χ1) is 7.80. The lowest BCUT2D eigenvalue weighted by atomic mass is 9.72. The molecule has 0 aromatic carbocycles. The molecule has 2 nitrogen and oxygen atoms in total. The first-order valence-electron chi connectivity index (χ1n) is 6.52. The average Bonchev–Trinajstić information content (AvgIpc) is 2.72. The number of carbonyl (C=O) groups is 1. The predicted octanol–water partition coefficient (Wildman–Crippen LogP) is 2.97. The normalized spacial score (nSPS) is 47.5. The van der Waals surface area contributed by atoms with Crippen LogP contribution in [-0.4, -0.2) is 16.8 Å². The van der Waals surface area contributed by atoms with Crippen LogP contribution in [0.25, 0.3) is 0 Å². The van der Waals surface area contributed by atoms with Gasteiger partial charge in [-0.15, -0.1) is 0 Å². The molecule has 0 spiro atoms. The third kappa shape index (κ3) is 1.09. The fraction of sp³-hybridized carbons (Fsp3) is 0.667. The summed E-state index contributed by atoms with van der Waals surface area (Å²) in [5, 5.41) is 0. The highest BCUT2D eigenvalue weighted by Crippen LogP contribution is 2.67. The van der Waals surface area contributed by atoms with Crippen molar-refractivity contribution in [2.24, 2.45) is 22.7 Å². The van der Waals surface area contributed by atoms with Gasteiger partial charge in [-0.2, -0.15) is 0 Å². The Balaban J connectivity index is 2.10. The highest BCUT2D eigenvalue weighted by molar-refractivity contribution is 5.87. The van der Waals surface area contributed by atoms with Crippen molar-refractivity contribution in [3.8, 4) is 0 Å². The Labute approximate surface area is 103 Å². The fourth-order valence-corrected chi connectivity index (χ4v) is 4.53. The van der Waals surface area contributed by atoms with Crippen molar-refractivity contribution in [1.82, 2.24) is 4.90 Å². The average molecular weight is 231 g/mol. The number of hydrogen-bond acceptors (Lipinski definition) is 1. The molecule has 3 rings (SSSR count). The van der Waals surface area contributed by atoms with Crippen molar-refractivity contribution in [2.45, 2.75) is 40.2 Å². The Kier molecular flexibility index (Phi) is 1.85. The van der Waals surface area contributed by atoms with Crippen LogP contribution in [0.5, 0.6) is 0 Å². The van der Waals surface area contributed by atoms with Gasteiger partial charge in [0.1, 0.15) is 0 Å². The molecule has 1 saturated heterocycles. The van der Waals surface area contributed by atoms with Crippen LogP contribution >= 0.6 is 0 Å². The van der Waals surface area contributed by atoms with Crippen LogP contribution in [0.4, 0.5) is 0 Å². The molecule has 0 aromatic rings. The largest absolute Gasteiger partial charge is 0.314 e. The summed E-state index contributed by atoms with van der Waals surface area (Å²) in [5.41, 5.74) is 1.25. The molecular formula is C15H21NO. The zero-order chi connectivity index (χ0) is 12.6. The van der Waals surface area contributed by atoms with Crippen LogP contribution in [0, 0.1) is 22.7 Å². The second kappa shape index (κ2) is 2.85. The van der Waals surface area contributed by atoms with E-state index in [1.807, 2.05) is 4.90 Å². The van der Waals surface area contributed by atoms with Crippen LogP contribution in [0.3, 0.4) is 0 Å². The van der Waals surface area contributed by atoms with E-state index < -0.39 is 0 Å². The molecule has 1 heterocycles. The Bertz CT molecular complexity index is 414. The zero-order valence-corrected chi connectivity index (χ0v) is 11.2. The van der Waals surface area contributed by atoms with E-state index in [4.69, 9.17) is 0 Å². The zero-order valence-electron chi connectivity index (χ0n) is 11.2. The standard InChI is InChI=1S/C15H21NO/c1-9(2)16-10(3)11-12(13(16)17)15(5)7-6-14(11,4)8-15/h6-7,9,11-12H,3,8H2,1-2,4-5H3. The smallest absolute Gasteiger partial charge is 0.231 e. The molecule has 1 aliphatic heterocycles. The van der Waals surface area contributed by atoms with Crippen LogP contribution in [0.1, 0.15) is 34.1 Å². The van der Waals surface area contributed by atoms with Gasteiger partial charge in [0.25, 0.3) is 0 Å². The van der Waals surface area contributed by atoms with Crippen molar-refractivity contribution >= 4 is 5.91 Å². The maximum atomic E-state index is 12.6. The summed E-state index contributed by atoms with van der Waals surface area (Å²) in [6, 6.07) is 0.229. The van der Waals surface area contributed by atoms with Gasteiger partial charge in [0.05, 0.1) is 5.92 Å². The number of hydrogen-bond donors (Lipinski definition) is 0. The minimum atomic E-state index is 0.0586. The SMILES string of the molecule is C=C1C2C(C(=O)N1C(C)C)C1(C)C=CC2(C)C1. The Morgan fingerprint density at radius 3 is 2.29 bits per heavy atom. The first-order valence-corrected chi connectivity index (χ1v) is 6.52. The summed E-state index contributed by atoms with van der Waals surface area (Å²) < 4.78 is 0. The third-order valence-electron chi connectivity index (χ3n) is 5.05. The number of likely N-dealkylation sites (tertiary alicyclic amines) is 1. The summed E-state index contributed by atoms with van der Waals surface area (Å²) in [4.78, 5) is 14.5. The van der Waals surface area contributed by atoms with E-state index in [0.717, 1.165) is 12.1 Å². The monoisotopic (exact) mass is 231 g/mol. The van der Waals surface area contributed by atoms with E-state index in [1.165, 1.54) is 0 Å². The van der Waals surface area contributed by atoms with Crippen molar-refractivity contribution in [1.29, 1.82) is 0 Å². The molecule has 2 heteroatoms. The maximum absolute atomic E-state index is 12.6. The lowest BCUT2D eigenvalue weighted by molar-refractivity contribution is -0.133. The summed E-state index contributed by atoms with van der Waals surface area (Å²) in [6.45, 7) is 12.9. The molecule has 2 aliphatic carbocycles. The van der Waals surface area contributed by atoms with Crippen LogP contribution in [0.15, 0.2) is 24.4 Å². The van der Waals surface area contributed by atoms with E-state index in [2.05, 4.69) is 46.4 Å². The maximum Gasteiger partial charge on any atom is 0.231 e. The Morgan fingerprint density at radius 2 is 1.82 bits per heavy atom. The molecule has 4 atom stereocenters. The van der Waals surface area contributed by atoms with E-state index >= 15 is 0 Å². The summed E-state index contributed by atoms with van der Waals surface area (Å²) in [6.07, 6.45) is 5.69. The van der Waals surface area contributed by atoms with E-state index in [0.29, 0.717) is 11.8 Å². The number of rotatable bonds is 1. The molecule has 2 fully saturated rings. The van der Waals surface area contributed by atoms with Crippen molar-refractivity contribution < 1.29 is 4.79 Å². The summed E-state index contributed by atoms with van der Waals surface area (Å²) in [7, 11) is 0. The van der Waals surface area contributed by atoms with Crippen LogP contribution in [-0.2, 0) is 4.79 Å². The molecule has 0 radical (unpaired) electrons. The predicted molar refractivity (Wildman–Crippen MR) is 68.1 cm³/mol. The Hall–Kier alpha value is -1.05. The lowest BCUT2D eigenvalue weighted by Crippen LogP contribution is -2.36. The molecule has 92 valence electrons. The minimum Gasteiger partial charge on any atom is -0.314 e. The molecule has 0 aromatic heterocycles. The van der Waals surface area contributed by atoms with E-state index in [-0.39, 0.29) is 22.8 Å². The quantitative estimate of drug-likeness (QED) is 0.635. The number of amides is 1. The first kappa shape index (κ1) is 11.1. The highest BCUT2D eigenvalue weighted by Gasteiger charge is 2.66. The number of allylic oxidation sites excluding steroid dienone is 3. The van der Waals surface area contributed by atoms with Crippen molar-refractivity contribution in [3.63, 3.8) is 0 Å². The molecule has 17 heavy (non-hydrogen) atoms. The van der Waals surface area contributed by atoms with Gasteiger partial charge in [0, 0.05) is 17.7 Å². The second-order valence-corrected chi connectivity index (χ2v) is 6.77. The van der Waals surface area contributed by atoms with Gasteiger partial charge in [-0.1, -0.05) is 32.6 Å².